The third kappa shape index (κ3) is 0.603. The van der Waals surface area contributed by atoms with Crippen molar-refractivity contribution in [2.24, 2.45) is 0 Å². The molecule has 0 aromatic rings. The quantitative estimate of drug-likeness (QED) is 0.496. The summed E-state index contributed by atoms with van der Waals surface area (Å²) in [5, 5.41) is 0. The second-order valence-electron chi connectivity index (χ2n) is 3.36. The predicted molar refractivity (Wildman–Crippen MR) is 34.7 cm³/mol. The molecule has 58 valence electrons. The third-order valence-electron chi connectivity index (χ3n) is 2.63. The van der Waals surface area contributed by atoms with Crippen LogP contribution in [-0.4, -0.2) is 31.2 Å². The van der Waals surface area contributed by atoms with Crippen molar-refractivity contribution in [1.29, 1.82) is 0 Å². The van der Waals surface area contributed by atoms with Gasteiger partial charge in [-0.25, -0.2) is 0 Å². The average Bonchev–Trinajstić information content (AvgIpc) is 2.20. The first-order chi connectivity index (χ1) is 4.66. The molecule has 2 unspecified atom stereocenters. The molecule has 0 saturated carbocycles. The molecule has 2 rings (SSSR count). The van der Waals surface area contributed by atoms with Crippen molar-refractivity contribution >= 4 is 0 Å². The molecule has 2 saturated heterocycles. The first-order valence-corrected chi connectivity index (χ1v) is 3.52. The number of hydrogen-bond donors (Lipinski definition) is 0. The zero-order chi connectivity index (χ0) is 7.24. The monoisotopic (exact) mass is 144 g/mol. The maximum Gasteiger partial charge on any atom is 0.148 e. The fraction of sp³-hybridized carbons (Fsp3) is 1.00. The van der Waals surface area contributed by atoms with Gasteiger partial charge in [0.1, 0.15) is 18.0 Å². The largest absolute Gasteiger partial charge is 0.375 e. The zero-order valence-electron chi connectivity index (χ0n) is 6.35. The van der Waals surface area contributed by atoms with Gasteiger partial charge in [-0.2, -0.15) is 0 Å². The van der Waals surface area contributed by atoms with Gasteiger partial charge in [-0.15, -0.1) is 0 Å². The lowest BCUT2D eigenvalue weighted by Crippen LogP contribution is -2.45. The van der Waals surface area contributed by atoms with Gasteiger partial charge >= 0.3 is 0 Å². The Morgan fingerprint density at radius 2 is 1.50 bits per heavy atom. The van der Waals surface area contributed by atoms with Crippen LogP contribution in [0.1, 0.15) is 13.8 Å². The van der Waals surface area contributed by atoms with Crippen molar-refractivity contribution in [1.82, 2.24) is 0 Å². The lowest BCUT2D eigenvalue weighted by molar-refractivity contribution is -0.0439. The van der Waals surface area contributed by atoms with Crippen LogP contribution in [0.2, 0.25) is 0 Å². The van der Waals surface area contributed by atoms with Crippen molar-refractivity contribution in [3.8, 4) is 0 Å². The summed E-state index contributed by atoms with van der Waals surface area (Å²) in [7, 11) is 0. The van der Waals surface area contributed by atoms with E-state index in [4.69, 9.17) is 14.2 Å². The summed E-state index contributed by atoms with van der Waals surface area (Å²) in [6, 6.07) is 0. The maximum absolute atomic E-state index is 5.42. The van der Waals surface area contributed by atoms with Crippen LogP contribution in [0.15, 0.2) is 0 Å². The molecule has 2 fully saturated rings. The molecule has 3 nitrogen and oxygen atoms in total. The van der Waals surface area contributed by atoms with E-state index in [-0.39, 0.29) is 11.2 Å². The minimum absolute atomic E-state index is 0.201. The van der Waals surface area contributed by atoms with E-state index in [1.54, 1.807) is 0 Å². The Hall–Kier alpha value is -0.120. The van der Waals surface area contributed by atoms with Crippen LogP contribution < -0.4 is 0 Å². The fourth-order valence-corrected chi connectivity index (χ4v) is 1.42. The van der Waals surface area contributed by atoms with Crippen molar-refractivity contribution in [3.05, 3.63) is 0 Å². The summed E-state index contributed by atoms with van der Waals surface area (Å²) in [6.45, 7) is 5.80. The van der Waals surface area contributed by atoms with Gasteiger partial charge in [0.25, 0.3) is 0 Å². The Bertz CT molecular complexity index is 129. The topological polar surface area (TPSA) is 27.7 Å². The van der Waals surface area contributed by atoms with Crippen molar-refractivity contribution in [2.75, 3.05) is 20.0 Å². The molecule has 0 aromatic carbocycles. The highest BCUT2D eigenvalue weighted by molar-refractivity contribution is 5.03. The normalized spacial score (nSPS) is 53.4. The van der Waals surface area contributed by atoms with Gasteiger partial charge in [0.15, 0.2) is 0 Å². The first-order valence-electron chi connectivity index (χ1n) is 3.52. The maximum atomic E-state index is 5.42. The van der Waals surface area contributed by atoms with E-state index >= 15 is 0 Å². The van der Waals surface area contributed by atoms with Crippen LogP contribution >= 0.6 is 0 Å². The van der Waals surface area contributed by atoms with Gasteiger partial charge in [-0.3, -0.25) is 0 Å². The lowest BCUT2D eigenvalue weighted by atomic mass is 9.90. The summed E-state index contributed by atoms with van der Waals surface area (Å²) in [5.41, 5.74) is -0.403. The van der Waals surface area contributed by atoms with E-state index in [0.29, 0.717) is 20.0 Å². The van der Waals surface area contributed by atoms with Gasteiger partial charge in [0.2, 0.25) is 0 Å². The minimum atomic E-state index is -0.201. The summed E-state index contributed by atoms with van der Waals surface area (Å²) >= 11 is 0. The van der Waals surface area contributed by atoms with Crippen LogP contribution in [-0.2, 0) is 14.2 Å². The van der Waals surface area contributed by atoms with E-state index in [0.717, 1.165) is 0 Å². The highest BCUT2D eigenvalue weighted by Gasteiger charge is 2.56. The van der Waals surface area contributed by atoms with Gasteiger partial charge in [0.05, 0.1) is 13.2 Å². The molecule has 0 amide bonds. The number of hydrogen-bond acceptors (Lipinski definition) is 3. The Kier molecular flexibility index (Phi) is 1.14. The van der Waals surface area contributed by atoms with Gasteiger partial charge in [0, 0.05) is 0 Å². The van der Waals surface area contributed by atoms with E-state index in [2.05, 4.69) is 0 Å². The second-order valence-corrected chi connectivity index (χ2v) is 3.36. The van der Waals surface area contributed by atoms with E-state index in [9.17, 15) is 0 Å². The summed E-state index contributed by atoms with van der Waals surface area (Å²) in [5.74, 6) is 0. The molecular weight excluding hydrogens is 132 g/mol. The van der Waals surface area contributed by atoms with Crippen LogP contribution in [0.4, 0.5) is 0 Å². The van der Waals surface area contributed by atoms with Crippen molar-refractivity contribution < 1.29 is 14.2 Å². The smallest absolute Gasteiger partial charge is 0.148 e. The Balaban J connectivity index is 2.30. The van der Waals surface area contributed by atoms with Gasteiger partial charge in [-0.1, -0.05) is 0 Å². The van der Waals surface area contributed by atoms with Gasteiger partial charge in [-0.05, 0) is 13.8 Å². The Morgan fingerprint density at radius 3 is 2.00 bits per heavy atom. The second kappa shape index (κ2) is 1.72. The Morgan fingerprint density at radius 1 is 1.00 bits per heavy atom. The molecule has 2 heterocycles. The van der Waals surface area contributed by atoms with Crippen LogP contribution in [0.3, 0.4) is 0 Å². The molecule has 0 radical (unpaired) electrons. The van der Waals surface area contributed by atoms with Crippen LogP contribution in [0.5, 0.6) is 0 Å². The van der Waals surface area contributed by atoms with E-state index < -0.39 is 0 Å². The molecule has 2 atom stereocenters. The summed E-state index contributed by atoms with van der Waals surface area (Å²) in [4.78, 5) is 0. The lowest BCUT2D eigenvalue weighted by Gasteiger charge is -2.27. The third-order valence-corrected chi connectivity index (χ3v) is 2.63. The van der Waals surface area contributed by atoms with Crippen LogP contribution in [0, 0.1) is 0 Å². The van der Waals surface area contributed by atoms with E-state index in [1.165, 1.54) is 0 Å². The Labute approximate surface area is 60.3 Å². The molecule has 0 N–H and O–H groups in total. The molecule has 0 bridgehead atoms. The molecule has 2 aliphatic heterocycles. The number of ether oxygens (including phenoxy) is 3. The molecular formula is C7H12O3. The predicted octanol–water partition coefficient (Wildman–Crippen LogP) is 0.538. The standard InChI is InChI=1S/C7H12O3/c1-6-3-8-4-7(6,2)10-5-9-6/h3-5H2,1-2H3. The summed E-state index contributed by atoms with van der Waals surface area (Å²) in [6.07, 6.45) is 0. The first kappa shape index (κ1) is 6.58. The molecule has 10 heavy (non-hydrogen) atoms. The molecule has 0 aliphatic carbocycles. The van der Waals surface area contributed by atoms with Crippen molar-refractivity contribution in [2.45, 2.75) is 25.0 Å². The summed E-state index contributed by atoms with van der Waals surface area (Å²) < 4.78 is 16.1. The van der Waals surface area contributed by atoms with Crippen LogP contribution in [0.25, 0.3) is 0 Å². The fourth-order valence-electron chi connectivity index (χ4n) is 1.42. The van der Waals surface area contributed by atoms with E-state index in [1.807, 2.05) is 13.8 Å². The highest BCUT2D eigenvalue weighted by atomic mass is 16.8. The molecule has 2 aliphatic rings. The number of rotatable bonds is 0. The molecule has 0 aromatic heterocycles. The SMILES string of the molecule is CC12COCC1(C)OCO2. The molecule has 3 heteroatoms. The zero-order valence-corrected chi connectivity index (χ0v) is 6.35. The van der Waals surface area contributed by atoms with Crippen molar-refractivity contribution in [3.63, 3.8) is 0 Å². The molecule has 0 spiro atoms. The average molecular weight is 144 g/mol. The van der Waals surface area contributed by atoms with Gasteiger partial charge < -0.3 is 14.2 Å². The number of fused-ring (bicyclic) bond motifs is 1. The minimum Gasteiger partial charge on any atom is -0.375 e. The highest BCUT2D eigenvalue weighted by Crippen LogP contribution is 2.40.